The van der Waals surface area contributed by atoms with Gasteiger partial charge >= 0.3 is 11.9 Å². The van der Waals surface area contributed by atoms with Gasteiger partial charge in [-0.15, -0.1) is 0 Å². The van der Waals surface area contributed by atoms with Crippen molar-refractivity contribution in [3.05, 3.63) is 0 Å². The maximum absolute atomic E-state index is 14.2. The Morgan fingerprint density at radius 3 is 1.80 bits per heavy atom. The van der Waals surface area contributed by atoms with Crippen LogP contribution in [0.3, 0.4) is 0 Å². The van der Waals surface area contributed by atoms with Gasteiger partial charge in [-0.05, 0) is 35.5 Å². The van der Waals surface area contributed by atoms with Crippen LogP contribution in [0.5, 0.6) is 0 Å². The molecule has 7 rings (SSSR count). The third-order valence-corrected chi connectivity index (χ3v) is 6.91. The van der Waals surface area contributed by atoms with Gasteiger partial charge in [0.1, 0.15) is 0 Å². The SMILES string of the molecule is COC(=O)[C@@H]1C2C3C4C(C5C2C5C(F)(F)C34)[C@@H]1C(=O)O. The predicted octanol–water partition coefficient (Wildman–Crippen LogP) is 1.11. The summed E-state index contributed by atoms with van der Waals surface area (Å²) in [6.07, 6.45) is 0. The number of rotatable bonds is 2. The number of carbonyl (C=O) groups is 2. The van der Waals surface area contributed by atoms with E-state index in [1.165, 1.54) is 7.11 Å². The minimum Gasteiger partial charge on any atom is -0.481 e. The van der Waals surface area contributed by atoms with Crippen LogP contribution in [0.15, 0.2) is 0 Å². The van der Waals surface area contributed by atoms with Gasteiger partial charge in [0.15, 0.2) is 0 Å². The summed E-state index contributed by atoms with van der Waals surface area (Å²) >= 11 is 0. The lowest BCUT2D eigenvalue weighted by molar-refractivity contribution is -0.169. The number of carboxylic acids is 1. The van der Waals surface area contributed by atoms with Crippen molar-refractivity contribution in [3.8, 4) is 0 Å². The highest BCUT2D eigenvalue weighted by Gasteiger charge is 2.93. The molecule has 0 aliphatic heterocycles. The molecule has 0 saturated heterocycles. The van der Waals surface area contributed by atoms with E-state index in [1.807, 2.05) is 0 Å². The highest BCUT2D eigenvalue weighted by atomic mass is 19.3. The molecule has 7 saturated carbocycles. The summed E-state index contributed by atoms with van der Waals surface area (Å²) in [5.41, 5.74) is 0. The molecule has 0 spiro atoms. The Balaban J connectivity index is 1.63. The summed E-state index contributed by atoms with van der Waals surface area (Å²) in [6, 6.07) is 0. The Hall–Kier alpha value is -1.20. The molecular weight excluding hydrogens is 270 g/mol. The number of carbonyl (C=O) groups excluding carboxylic acids is 1. The number of halogens is 2. The van der Waals surface area contributed by atoms with E-state index in [0.717, 1.165) is 0 Å². The van der Waals surface area contributed by atoms with E-state index in [0.29, 0.717) is 0 Å². The molecule has 0 aromatic carbocycles. The quantitative estimate of drug-likeness (QED) is 0.772. The summed E-state index contributed by atoms with van der Waals surface area (Å²) in [5.74, 6) is -8.09. The zero-order chi connectivity index (χ0) is 14.1. The molecule has 7 aliphatic carbocycles. The number of methoxy groups -OCH3 is 1. The lowest BCUT2D eigenvalue weighted by Gasteiger charge is -2.44. The molecule has 108 valence electrons. The Labute approximate surface area is 113 Å². The molecule has 0 amide bonds. The van der Waals surface area contributed by atoms with Crippen LogP contribution in [-0.4, -0.2) is 30.1 Å². The van der Waals surface area contributed by atoms with Gasteiger partial charge in [0.25, 0.3) is 5.92 Å². The Morgan fingerprint density at radius 1 is 0.950 bits per heavy atom. The normalized spacial score (nSPS) is 61.8. The average Bonchev–Trinajstić information content (AvgIpc) is 3.25. The van der Waals surface area contributed by atoms with E-state index in [2.05, 4.69) is 0 Å². The molecule has 7 fully saturated rings. The van der Waals surface area contributed by atoms with E-state index in [1.54, 1.807) is 0 Å². The lowest BCUT2D eigenvalue weighted by Crippen LogP contribution is -2.50. The maximum atomic E-state index is 14.2. The van der Waals surface area contributed by atoms with Crippen molar-refractivity contribution in [2.45, 2.75) is 5.92 Å². The van der Waals surface area contributed by atoms with Crippen molar-refractivity contribution in [1.29, 1.82) is 0 Å². The number of ether oxygens (including phenoxy) is 1. The molecule has 8 bridgehead atoms. The van der Waals surface area contributed by atoms with Crippen LogP contribution in [-0.2, 0) is 14.3 Å². The van der Waals surface area contributed by atoms with Crippen LogP contribution in [0.2, 0.25) is 0 Å². The zero-order valence-electron chi connectivity index (χ0n) is 10.7. The molecule has 20 heavy (non-hydrogen) atoms. The molecule has 0 aromatic heterocycles. The van der Waals surface area contributed by atoms with Gasteiger partial charge in [-0.25, -0.2) is 8.78 Å². The van der Waals surface area contributed by atoms with Gasteiger partial charge < -0.3 is 9.84 Å². The lowest BCUT2D eigenvalue weighted by atomic mass is 9.58. The number of aliphatic carboxylic acids is 1. The van der Waals surface area contributed by atoms with Crippen LogP contribution in [0.25, 0.3) is 0 Å². The first-order chi connectivity index (χ1) is 9.42. The van der Waals surface area contributed by atoms with Gasteiger partial charge in [0.05, 0.1) is 18.9 Å². The van der Waals surface area contributed by atoms with E-state index >= 15 is 0 Å². The van der Waals surface area contributed by atoms with E-state index in [9.17, 15) is 23.5 Å². The summed E-state index contributed by atoms with van der Waals surface area (Å²) in [5, 5.41) is 9.48. The molecule has 1 N–H and O–H groups in total. The number of hydrogen-bond donors (Lipinski definition) is 1. The average molecular weight is 284 g/mol. The topological polar surface area (TPSA) is 63.6 Å². The van der Waals surface area contributed by atoms with Crippen LogP contribution < -0.4 is 0 Å². The second-order valence-corrected chi connectivity index (χ2v) is 7.10. The maximum Gasteiger partial charge on any atom is 0.309 e. The van der Waals surface area contributed by atoms with Crippen LogP contribution in [0.1, 0.15) is 0 Å². The van der Waals surface area contributed by atoms with Crippen molar-refractivity contribution in [1.82, 2.24) is 0 Å². The fourth-order valence-electron chi connectivity index (χ4n) is 6.66. The smallest absolute Gasteiger partial charge is 0.309 e. The Bertz CT molecular complexity index is 535. The van der Waals surface area contributed by atoms with Crippen LogP contribution >= 0.6 is 0 Å². The van der Waals surface area contributed by atoms with Gasteiger partial charge in [-0.1, -0.05) is 0 Å². The van der Waals surface area contributed by atoms with E-state index in [4.69, 9.17) is 4.74 Å². The highest BCUT2D eigenvalue weighted by molar-refractivity contribution is 5.83. The summed E-state index contributed by atoms with van der Waals surface area (Å²) in [7, 11) is 1.24. The van der Waals surface area contributed by atoms with Gasteiger partial charge in [-0.3, -0.25) is 9.59 Å². The van der Waals surface area contributed by atoms with Gasteiger partial charge in [0.2, 0.25) is 0 Å². The Kier molecular flexibility index (Phi) is 1.65. The minimum absolute atomic E-state index is 0.144. The molecule has 6 unspecified atom stereocenters. The zero-order valence-corrected chi connectivity index (χ0v) is 10.7. The molecule has 0 radical (unpaired) electrons. The molecule has 0 heterocycles. The first kappa shape index (κ1) is 11.5. The van der Waals surface area contributed by atoms with Crippen molar-refractivity contribution in [3.63, 3.8) is 0 Å². The fraction of sp³-hybridized carbons (Fsp3) is 0.857. The largest absolute Gasteiger partial charge is 0.481 e. The number of hydrogen-bond acceptors (Lipinski definition) is 3. The molecule has 7 aliphatic rings. The first-order valence-electron chi connectivity index (χ1n) is 7.11. The monoisotopic (exact) mass is 284 g/mol. The van der Waals surface area contributed by atoms with Crippen molar-refractivity contribution in [2.75, 3.05) is 7.11 Å². The number of carboxylic acid groups (broad SMARTS) is 1. The molecule has 4 nitrogen and oxygen atoms in total. The summed E-state index contributed by atoms with van der Waals surface area (Å²) < 4.78 is 33.2. The molecule has 6 heteroatoms. The molecular formula is C14H14F2O4. The number of esters is 1. The van der Waals surface area contributed by atoms with Crippen molar-refractivity contribution in [2.24, 2.45) is 59.2 Å². The third kappa shape index (κ3) is 0.886. The fourth-order valence-corrected chi connectivity index (χ4v) is 6.66. The molecule has 0 aromatic rings. The number of alkyl halides is 2. The number of fused-ring (bicyclic) bond motifs is 1. The second kappa shape index (κ2) is 2.88. The highest BCUT2D eigenvalue weighted by Crippen LogP contribution is 2.90. The standard InChI is InChI=1S/C14H14F2O4/c1-20-13(19)9-3-6-4-2(8(9)12(17)18)5-7(3)11(5)14(15,16)10(4)6/h2-11H,1H3,(H,17,18)/t2?,3?,4?,5?,6?,7?,8-,9+,10?,11?/m0/s1. The summed E-state index contributed by atoms with van der Waals surface area (Å²) in [4.78, 5) is 23.6. The first-order valence-corrected chi connectivity index (χ1v) is 7.11. The second-order valence-electron chi connectivity index (χ2n) is 7.10. The Morgan fingerprint density at radius 2 is 1.40 bits per heavy atom. The van der Waals surface area contributed by atoms with Crippen molar-refractivity contribution < 1.29 is 28.2 Å². The van der Waals surface area contributed by atoms with Crippen molar-refractivity contribution >= 4 is 11.9 Å². The van der Waals surface area contributed by atoms with E-state index < -0.39 is 41.5 Å². The molecule has 8 atom stereocenters. The van der Waals surface area contributed by atoms with E-state index in [-0.39, 0.29) is 35.5 Å². The van der Waals surface area contributed by atoms with Crippen LogP contribution in [0.4, 0.5) is 8.78 Å². The predicted molar refractivity (Wildman–Crippen MR) is 59.5 cm³/mol. The van der Waals surface area contributed by atoms with Crippen LogP contribution in [0, 0.1) is 59.2 Å². The van der Waals surface area contributed by atoms with Gasteiger partial charge in [0, 0.05) is 11.8 Å². The van der Waals surface area contributed by atoms with Gasteiger partial charge in [-0.2, -0.15) is 0 Å². The third-order valence-electron chi connectivity index (χ3n) is 6.91. The minimum atomic E-state index is -2.63. The summed E-state index contributed by atoms with van der Waals surface area (Å²) in [6.45, 7) is 0.